The number of hydrogen-bond acceptors (Lipinski definition) is 0. The maximum absolute atomic E-state index is 2.81. The summed E-state index contributed by atoms with van der Waals surface area (Å²) in [5.41, 5.74) is 3.31. The predicted molar refractivity (Wildman–Crippen MR) is 73.8 cm³/mol. The van der Waals surface area contributed by atoms with Gasteiger partial charge in [0.05, 0.1) is 0 Å². The molecule has 2 heteroatoms. The zero-order chi connectivity index (χ0) is 10.2. The molecule has 0 spiro atoms. The molecule has 0 bridgehead atoms. The minimum atomic E-state index is -1.72. The number of rotatable bonds is 1. The minimum absolute atomic E-state index is 1.40. The van der Waals surface area contributed by atoms with Gasteiger partial charge in [-0.05, 0) is 0 Å². The Kier molecular flexibility index (Phi) is 3.07. The van der Waals surface area contributed by atoms with Crippen molar-refractivity contribution in [2.45, 2.75) is 24.4 Å². The van der Waals surface area contributed by atoms with Gasteiger partial charge < -0.3 is 0 Å². The average Bonchev–Trinajstić information content (AvgIpc) is 2.44. The Balaban J connectivity index is 2.30. The van der Waals surface area contributed by atoms with Crippen LogP contribution in [0.4, 0.5) is 0 Å². The normalized spacial score (nSPS) is 20.2. The van der Waals surface area contributed by atoms with Gasteiger partial charge in [0, 0.05) is 0 Å². The fraction of sp³-hybridized carbons (Fsp3) is 0.333. The second-order valence-corrected chi connectivity index (χ2v) is 21.7. The first kappa shape index (κ1) is 10.7. The van der Waals surface area contributed by atoms with Crippen molar-refractivity contribution < 1.29 is 0 Å². The number of benzene rings is 1. The predicted octanol–water partition coefficient (Wildman–Crippen LogP) is 3.62. The molecule has 14 heavy (non-hydrogen) atoms. The fourth-order valence-electron chi connectivity index (χ4n) is 2.15. The van der Waals surface area contributed by atoms with Crippen LogP contribution < -0.4 is 4.40 Å². The summed E-state index contributed by atoms with van der Waals surface area (Å²) in [4.78, 5) is 0. The van der Waals surface area contributed by atoms with Gasteiger partial charge in [0.2, 0.25) is 0 Å². The van der Waals surface area contributed by atoms with E-state index in [2.05, 4.69) is 64.4 Å². The SMILES string of the molecule is CC1=C(C)[CH2][Ge]([I])([c]2ccccc2)[CH2]1. The molecule has 0 amide bonds. The van der Waals surface area contributed by atoms with Gasteiger partial charge in [-0.1, -0.05) is 0 Å². The Morgan fingerprint density at radius 3 is 2.00 bits per heavy atom. The van der Waals surface area contributed by atoms with Gasteiger partial charge in [-0.25, -0.2) is 0 Å². The molecule has 0 atom stereocenters. The van der Waals surface area contributed by atoms with Crippen LogP contribution in [0.25, 0.3) is 0 Å². The third kappa shape index (κ3) is 1.94. The summed E-state index contributed by atoms with van der Waals surface area (Å²) in [7, 11) is -1.72. The Labute approximate surface area is 99.8 Å². The van der Waals surface area contributed by atoms with E-state index in [1.54, 1.807) is 15.5 Å². The van der Waals surface area contributed by atoms with Crippen LogP contribution in [0.5, 0.6) is 0 Å². The first-order chi connectivity index (χ1) is 6.62. The van der Waals surface area contributed by atoms with Crippen molar-refractivity contribution >= 4 is 34.6 Å². The van der Waals surface area contributed by atoms with Crippen LogP contribution in [0.3, 0.4) is 0 Å². The molecule has 0 N–H and O–H groups in total. The van der Waals surface area contributed by atoms with Crippen LogP contribution in [0.2, 0.25) is 10.5 Å². The molecule has 0 radical (unpaired) electrons. The van der Waals surface area contributed by atoms with Crippen molar-refractivity contribution in [3.8, 4) is 0 Å². The van der Waals surface area contributed by atoms with Gasteiger partial charge in [-0.3, -0.25) is 0 Å². The fourth-order valence-corrected chi connectivity index (χ4v) is 17.5. The van der Waals surface area contributed by atoms with Crippen molar-refractivity contribution in [3.63, 3.8) is 0 Å². The van der Waals surface area contributed by atoms with E-state index in [-0.39, 0.29) is 0 Å². The van der Waals surface area contributed by atoms with Crippen molar-refractivity contribution in [1.29, 1.82) is 0 Å². The van der Waals surface area contributed by atoms with Gasteiger partial charge in [0.15, 0.2) is 0 Å². The molecule has 0 unspecified atom stereocenters. The first-order valence-electron chi connectivity index (χ1n) is 5.01. The number of hydrogen-bond donors (Lipinski definition) is 0. The molecule has 1 aliphatic heterocycles. The quantitative estimate of drug-likeness (QED) is 0.408. The number of halogens is 1. The van der Waals surface area contributed by atoms with Gasteiger partial charge >= 0.3 is 100 Å². The van der Waals surface area contributed by atoms with Gasteiger partial charge in [0.25, 0.3) is 0 Å². The summed E-state index contributed by atoms with van der Waals surface area (Å²) in [5, 5.41) is 2.80. The third-order valence-electron chi connectivity index (χ3n) is 3.11. The average molecular weight is 359 g/mol. The van der Waals surface area contributed by atoms with Crippen molar-refractivity contribution in [1.82, 2.24) is 0 Å². The molecular weight excluding hydrogens is 344 g/mol. The second kappa shape index (κ2) is 4.01. The van der Waals surface area contributed by atoms with Crippen molar-refractivity contribution in [2.75, 3.05) is 0 Å². The molecule has 1 aliphatic rings. The molecule has 1 heterocycles. The van der Waals surface area contributed by atoms with E-state index in [0.29, 0.717) is 0 Å². The molecule has 74 valence electrons. The Morgan fingerprint density at radius 2 is 1.50 bits per heavy atom. The van der Waals surface area contributed by atoms with E-state index in [4.69, 9.17) is 0 Å². The zero-order valence-electron chi connectivity index (χ0n) is 8.68. The zero-order valence-corrected chi connectivity index (χ0v) is 12.9. The molecule has 0 saturated heterocycles. The molecule has 1 aromatic rings. The molecular formula is C12H15GeI. The van der Waals surface area contributed by atoms with Gasteiger partial charge in [-0.15, -0.1) is 0 Å². The summed E-state index contributed by atoms with van der Waals surface area (Å²) in [6, 6.07) is 11.2. The van der Waals surface area contributed by atoms with Crippen LogP contribution in [-0.4, -0.2) is 9.96 Å². The van der Waals surface area contributed by atoms with Crippen LogP contribution in [0.15, 0.2) is 41.5 Å². The molecule has 0 saturated carbocycles. The monoisotopic (exact) mass is 360 g/mol. The van der Waals surface area contributed by atoms with E-state index >= 15 is 0 Å². The Hall–Kier alpha value is 0.233. The van der Waals surface area contributed by atoms with E-state index in [1.165, 1.54) is 10.5 Å². The summed E-state index contributed by atoms with van der Waals surface area (Å²) in [6.07, 6.45) is 0. The first-order valence-corrected chi connectivity index (χ1v) is 15.4. The molecule has 0 fully saturated rings. The summed E-state index contributed by atoms with van der Waals surface area (Å²) < 4.78 is 1.66. The van der Waals surface area contributed by atoms with E-state index in [0.717, 1.165) is 0 Å². The summed E-state index contributed by atoms with van der Waals surface area (Å²) >= 11 is 2.81. The Bertz CT molecular complexity index is 353. The molecule has 0 nitrogen and oxygen atoms in total. The molecule has 0 aliphatic carbocycles. The molecule has 0 aromatic heterocycles. The van der Waals surface area contributed by atoms with E-state index in [9.17, 15) is 0 Å². The standard InChI is InChI=1S/C12H15GeI/c1-10-8-13(14,9-11(10)2)12-6-4-3-5-7-12/h3-7H,8-9H2,1-2H3. The van der Waals surface area contributed by atoms with Crippen LogP contribution in [0.1, 0.15) is 13.8 Å². The van der Waals surface area contributed by atoms with Crippen LogP contribution in [0, 0.1) is 0 Å². The maximum atomic E-state index is 2.81. The summed E-state index contributed by atoms with van der Waals surface area (Å²) in [5.74, 6) is 0. The van der Waals surface area contributed by atoms with Crippen LogP contribution in [-0.2, 0) is 0 Å². The topological polar surface area (TPSA) is 0 Å². The summed E-state index contributed by atoms with van der Waals surface area (Å²) in [6.45, 7) is 4.62. The molecule has 2 rings (SSSR count). The van der Waals surface area contributed by atoms with Crippen molar-refractivity contribution in [2.24, 2.45) is 0 Å². The number of allylic oxidation sites excluding steroid dienone is 2. The van der Waals surface area contributed by atoms with E-state index < -0.39 is 9.96 Å². The van der Waals surface area contributed by atoms with E-state index in [1.807, 2.05) is 0 Å². The Morgan fingerprint density at radius 1 is 1.00 bits per heavy atom. The van der Waals surface area contributed by atoms with Crippen LogP contribution >= 0.6 is 20.2 Å². The van der Waals surface area contributed by atoms with Crippen molar-refractivity contribution in [3.05, 3.63) is 41.5 Å². The molecule has 1 aromatic carbocycles. The third-order valence-corrected chi connectivity index (χ3v) is 17.8. The second-order valence-electron chi connectivity index (χ2n) is 4.25. The van der Waals surface area contributed by atoms with Gasteiger partial charge in [-0.2, -0.15) is 0 Å². The van der Waals surface area contributed by atoms with Gasteiger partial charge in [0.1, 0.15) is 0 Å².